The smallest absolute Gasteiger partial charge is 0.165 e. The van der Waals surface area contributed by atoms with E-state index in [0.717, 1.165) is 42.8 Å². The monoisotopic (exact) mass is 415 g/mol. The van der Waals surface area contributed by atoms with Crippen molar-refractivity contribution in [1.29, 1.82) is 0 Å². The van der Waals surface area contributed by atoms with Crippen LogP contribution in [-0.2, 0) is 9.47 Å². The molecule has 8 nitrogen and oxygen atoms in total. The van der Waals surface area contributed by atoms with Crippen molar-refractivity contribution in [3.8, 4) is 5.75 Å². The summed E-state index contributed by atoms with van der Waals surface area (Å²) in [6.07, 6.45) is 7.19. The molecule has 2 aliphatic rings. The molecule has 0 amide bonds. The van der Waals surface area contributed by atoms with Gasteiger partial charge in [0.05, 0.1) is 36.4 Å². The fraction of sp³-hybridized carbons (Fsp3) is 0.450. The molecule has 5 heterocycles. The Morgan fingerprint density at radius 2 is 2.03 bits per heavy atom. The fourth-order valence-corrected chi connectivity index (χ4v) is 3.83. The summed E-state index contributed by atoms with van der Waals surface area (Å²) in [6, 6.07) is 4.16. The minimum absolute atomic E-state index is 0.0332. The molecule has 0 radical (unpaired) electrons. The molecule has 5 rings (SSSR count). The molecule has 0 bridgehead atoms. The molecule has 0 saturated carbocycles. The van der Waals surface area contributed by atoms with Crippen LogP contribution in [0.5, 0.6) is 5.75 Å². The zero-order chi connectivity index (χ0) is 19.8. The third kappa shape index (κ3) is 3.52. The molecule has 29 heavy (non-hydrogen) atoms. The lowest BCUT2D eigenvalue weighted by atomic mass is 10.1. The number of pyridine rings is 2. The van der Waals surface area contributed by atoms with Gasteiger partial charge >= 0.3 is 0 Å². The van der Waals surface area contributed by atoms with Gasteiger partial charge in [-0.1, -0.05) is 11.6 Å². The lowest BCUT2D eigenvalue weighted by molar-refractivity contribution is -0.0796. The minimum Gasteiger partial charge on any atom is -0.484 e. The van der Waals surface area contributed by atoms with Gasteiger partial charge in [-0.15, -0.1) is 0 Å². The number of anilines is 2. The second-order valence-electron chi connectivity index (χ2n) is 7.31. The standard InChI is InChI=1S/C20H22ClN5O3/c1-25(19-8-18(16(21)10-23-19)29-14-11-28-12-14)20-15-9-22-5-2-17(15)26(24-20)13-3-6-27-7-4-13/h2,5,8-10,13-14H,3-4,6-7,11-12H2,1H3. The molecule has 152 valence electrons. The van der Waals surface area contributed by atoms with Crippen LogP contribution in [0.15, 0.2) is 30.7 Å². The molecular formula is C20H22ClN5O3. The van der Waals surface area contributed by atoms with Crippen LogP contribution < -0.4 is 9.64 Å². The first-order chi connectivity index (χ1) is 14.2. The van der Waals surface area contributed by atoms with Crippen molar-refractivity contribution < 1.29 is 14.2 Å². The summed E-state index contributed by atoms with van der Waals surface area (Å²) in [4.78, 5) is 10.7. The lowest BCUT2D eigenvalue weighted by Gasteiger charge is -2.27. The highest BCUT2D eigenvalue weighted by atomic mass is 35.5. The van der Waals surface area contributed by atoms with Crippen molar-refractivity contribution in [1.82, 2.24) is 19.7 Å². The predicted octanol–water partition coefficient (Wildman–Crippen LogP) is 3.38. The number of ether oxygens (including phenoxy) is 3. The third-order valence-electron chi connectivity index (χ3n) is 5.39. The first kappa shape index (κ1) is 18.6. The van der Waals surface area contributed by atoms with Gasteiger partial charge in [-0.2, -0.15) is 5.10 Å². The Balaban J connectivity index is 1.51. The Labute approximate surface area is 173 Å². The van der Waals surface area contributed by atoms with Crippen LogP contribution >= 0.6 is 11.6 Å². The molecule has 3 aromatic heterocycles. The van der Waals surface area contributed by atoms with E-state index in [1.54, 1.807) is 12.4 Å². The van der Waals surface area contributed by atoms with Crippen molar-refractivity contribution in [2.24, 2.45) is 0 Å². The van der Waals surface area contributed by atoms with E-state index in [2.05, 4.69) is 14.6 Å². The van der Waals surface area contributed by atoms with Crippen LogP contribution in [0.4, 0.5) is 11.6 Å². The molecule has 3 aromatic rings. The second-order valence-corrected chi connectivity index (χ2v) is 7.72. The molecule has 0 atom stereocenters. The molecule has 2 aliphatic heterocycles. The SMILES string of the molecule is CN(c1cc(OC2COC2)c(Cl)cn1)c1nn(C2CCOCC2)c2ccncc12. The van der Waals surface area contributed by atoms with Crippen LogP contribution in [0.3, 0.4) is 0 Å². The molecular weight excluding hydrogens is 394 g/mol. The maximum absolute atomic E-state index is 6.28. The van der Waals surface area contributed by atoms with Gasteiger partial charge in [0.15, 0.2) is 5.82 Å². The average molecular weight is 416 g/mol. The van der Waals surface area contributed by atoms with Gasteiger partial charge in [-0.05, 0) is 18.9 Å². The molecule has 0 aliphatic carbocycles. The van der Waals surface area contributed by atoms with Crippen LogP contribution in [0.25, 0.3) is 10.9 Å². The van der Waals surface area contributed by atoms with Gasteiger partial charge in [0.2, 0.25) is 0 Å². The van der Waals surface area contributed by atoms with E-state index >= 15 is 0 Å². The molecule has 9 heteroatoms. The molecule has 2 fully saturated rings. The van der Waals surface area contributed by atoms with E-state index in [1.807, 2.05) is 30.3 Å². The van der Waals surface area contributed by atoms with Crippen LogP contribution in [0.1, 0.15) is 18.9 Å². The molecule has 0 spiro atoms. The summed E-state index contributed by atoms with van der Waals surface area (Å²) >= 11 is 6.28. The highest BCUT2D eigenvalue weighted by Gasteiger charge is 2.25. The first-order valence-electron chi connectivity index (χ1n) is 9.74. The Kier molecular flexibility index (Phi) is 4.99. The molecule has 0 N–H and O–H groups in total. The molecule has 2 saturated heterocycles. The number of fused-ring (bicyclic) bond motifs is 1. The van der Waals surface area contributed by atoms with E-state index in [9.17, 15) is 0 Å². The Hall–Kier alpha value is -2.42. The van der Waals surface area contributed by atoms with Gasteiger partial charge < -0.3 is 19.1 Å². The summed E-state index contributed by atoms with van der Waals surface area (Å²) < 4.78 is 18.7. The number of hydrogen-bond donors (Lipinski definition) is 0. The summed E-state index contributed by atoms with van der Waals surface area (Å²) in [5.74, 6) is 2.10. The normalized spacial score (nSPS) is 18.0. The number of halogens is 1. The largest absolute Gasteiger partial charge is 0.484 e. The zero-order valence-electron chi connectivity index (χ0n) is 16.1. The lowest BCUT2D eigenvalue weighted by Crippen LogP contribution is -2.38. The van der Waals surface area contributed by atoms with Crippen molar-refractivity contribution in [2.45, 2.75) is 25.0 Å². The number of hydrogen-bond acceptors (Lipinski definition) is 7. The van der Waals surface area contributed by atoms with Gasteiger partial charge in [-0.25, -0.2) is 4.98 Å². The average Bonchev–Trinajstić information content (AvgIpc) is 3.12. The topological polar surface area (TPSA) is 74.5 Å². The summed E-state index contributed by atoms with van der Waals surface area (Å²) in [5.41, 5.74) is 1.06. The molecule has 0 unspecified atom stereocenters. The number of rotatable bonds is 5. The van der Waals surface area contributed by atoms with Crippen LogP contribution in [0, 0.1) is 0 Å². The third-order valence-corrected chi connectivity index (χ3v) is 5.68. The van der Waals surface area contributed by atoms with E-state index in [4.69, 9.17) is 30.9 Å². The van der Waals surface area contributed by atoms with Crippen molar-refractivity contribution in [2.75, 3.05) is 38.4 Å². The van der Waals surface area contributed by atoms with Crippen LogP contribution in [0.2, 0.25) is 5.02 Å². The van der Waals surface area contributed by atoms with Gasteiger partial charge in [0.1, 0.15) is 22.7 Å². The number of aromatic nitrogens is 4. The van der Waals surface area contributed by atoms with Crippen molar-refractivity contribution >= 4 is 34.1 Å². The summed E-state index contributed by atoms with van der Waals surface area (Å²) in [6.45, 7) is 2.67. The maximum Gasteiger partial charge on any atom is 0.165 e. The van der Waals surface area contributed by atoms with Gasteiger partial charge in [0.25, 0.3) is 0 Å². The van der Waals surface area contributed by atoms with E-state index in [1.165, 1.54) is 0 Å². The summed E-state index contributed by atoms with van der Waals surface area (Å²) in [5, 5.41) is 6.40. The van der Waals surface area contributed by atoms with Gasteiger partial charge in [-0.3, -0.25) is 9.67 Å². The first-order valence-corrected chi connectivity index (χ1v) is 10.1. The Morgan fingerprint density at radius 3 is 2.79 bits per heavy atom. The maximum atomic E-state index is 6.28. The van der Waals surface area contributed by atoms with E-state index < -0.39 is 0 Å². The predicted molar refractivity (Wildman–Crippen MR) is 109 cm³/mol. The van der Waals surface area contributed by atoms with E-state index in [0.29, 0.717) is 35.8 Å². The Bertz CT molecular complexity index is 1020. The summed E-state index contributed by atoms with van der Waals surface area (Å²) in [7, 11) is 1.94. The highest BCUT2D eigenvalue weighted by Crippen LogP contribution is 2.35. The van der Waals surface area contributed by atoms with E-state index in [-0.39, 0.29) is 6.10 Å². The quantitative estimate of drug-likeness (QED) is 0.632. The van der Waals surface area contributed by atoms with Crippen LogP contribution in [-0.4, -0.2) is 59.3 Å². The van der Waals surface area contributed by atoms with Crippen molar-refractivity contribution in [3.63, 3.8) is 0 Å². The molecule has 0 aromatic carbocycles. The van der Waals surface area contributed by atoms with Gasteiger partial charge in [0, 0.05) is 38.7 Å². The van der Waals surface area contributed by atoms with Crippen molar-refractivity contribution in [3.05, 3.63) is 35.7 Å². The highest BCUT2D eigenvalue weighted by molar-refractivity contribution is 6.32. The Morgan fingerprint density at radius 1 is 1.21 bits per heavy atom. The minimum atomic E-state index is 0.0332. The zero-order valence-corrected chi connectivity index (χ0v) is 16.9. The second kappa shape index (κ2) is 7.78. The number of nitrogens with zero attached hydrogens (tertiary/aromatic N) is 5. The fourth-order valence-electron chi connectivity index (χ4n) is 3.68.